The first kappa shape index (κ1) is 27.4. The standard InChI is InChI=1S/C28H56N2/c1-4-6-8-10-11-12-13-14-15-16-17-18-19-20-21-23-25-30-27-26-29(3)28(30)24-22-9-7-5-2/h26-28H,4-25H2,1-3H3. The molecule has 0 saturated carbocycles. The summed E-state index contributed by atoms with van der Waals surface area (Å²) in [6.45, 7) is 5.85. The molecule has 0 saturated heterocycles. The Morgan fingerprint density at radius 1 is 0.500 bits per heavy atom. The summed E-state index contributed by atoms with van der Waals surface area (Å²) in [4.78, 5) is 5.01. The third-order valence-electron chi connectivity index (χ3n) is 6.93. The summed E-state index contributed by atoms with van der Waals surface area (Å²) < 4.78 is 0. The predicted octanol–water partition coefficient (Wildman–Crippen LogP) is 9.26. The molecular weight excluding hydrogens is 364 g/mol. The lowest BCUT2D eigenvalue weighted by Crippen LogP contribution is -2.37. The first-order valence-corrected chi connectivity index (χ1v) is 14.0. The molecule has 2 nitrogen and oxygen atoms in total. The molecule has 1 aliphatic heterocycles. The van der Waals surface area contributed by atoms with E-state index in [1.807, 2.05) is 0 Å². The van der Waals surface area contributed by atoms with Crippen molar-refractivity contribution in [1.29, 1.82) is 0 Å². The van der Waals surface area contributed by atoms with Gasteiger partial charge in [-0.1, -0.05) is 129 Å². The topological polar surface area (TPSA) is 6.48 Å². The Kier molecular flexibility index (Phi) is 18.5. The van der Waals surface area contributed by atoms with Crippen LogP contribution in [-0.2, 0) is 0 Å². The van der Waals surface area contributed by atoms with Crippen LogP contribution in [-0.4, -0.2) is 29.6 Å². The van der Waals surface area contributed by atoms with E-state index >= 15 is 0 Å². The summed E-state index contributed by atoms with van der Waals surface area (Å²) in [5.41, 5.74) is 0. The van der Waals surface area contributed by atoms with Crippen molar-refractivity contribution in [3.8, 4) is 0 Å². The summed E-state index contributed by atoms with van der Waals surface area (Å²) in [6.07, 6.45) is 35.2. The number of nitrogens with zero attached hydrogens (tertiary/aromatic N) is 2. The average molecular weight is 421 g/mol. The molecule has 0 aromatic carbocycles. The maximum Gasteiger partial charge on any atom is 0.100 e. The zero-order valence-corrected chi connectivity index (χ0v) is 21.2. The summed E-state index contributed by atoms with van der Waals surface area (Å²) in [5.74, 6) is 0. The van der Waals surface area contributed by atoms with Crippen molar-refractivity contribution < 1.29 is 0 Å². The molecule has 1 aliphatic rings. The molecule has 1 unspecified atom stereocenters. The van der Waals surface area contributed by atoms with Crippen LogP contribution < -0.4 is 0 Å². The monoisotopic (exact) mass is 420 g/mol. The van der Waals surface area contributed by atoms with E-state index in [2.05, 4.69) is 43.1 Å². The second-order valence-electron chi connectivity index (χ2n) is 9.83. The van der Waals surface area contributed by atoms with Gasteiger partial charge in [0.2, 0.25) is 0 Å². The van der Waals surface area contributed by atoms with E-state index in [4.69, 9.17) is 0 Å². The molecule has 0 aromatic rings. The highest BCUT2D eigenvalue weighted by molar-refractivity contribution is 4.95. The van der Waals surface area contributed by atoms with Crippen molar-refractivity contribution in [2.75, 3.05) is 13.6 Å². The highest BCUT2D eigenvalue weighted by Gasteiger charge is 2.22. The van der Waals surface area contributed by atoms with Gasteiger partial charge in [0.05, 0.1) is 0 Å². The average Bonchev–Trinajstić information content (AvgIpc) is 3.10. The van der Waals surface area contributed by atoms with Crippen LogP contribution >= 0.6 is 0 Å². The van der Waals surface area contributed by atoms with Crippen molar-refractivity contribution in [3.63, 3.8) is 0 Å². The fraction of sp³-hybridized carbons (Fsp3) is 0.929. The molecule has 0 bridgehead atoms. The molecule has 0 spiro atoms. The van der Waals surface area contributed by atoms with E-state index in [1.165, 1.54) is 141 Å². The molecular formula is C28H56N2. The number of unbranched alkanes of at least 4 members (excludes halogenated alkanes) is 18. The zero-order chi connectivity index (χ0) is 21.7. The zero-order valence-electron chi connectivity index (χ0n) is 21.2. The molecule has 0 aliphatic carbocycles. The molecule has 0 aromatic heterocycles. The highest BCUT2D eigenvalue weighted by Crippen LogP contribution is 2.21. The van der Waals surface area contributed by atoms with Gasteiger partial charge in [-0.2, -0.15) is 0 Å². The summed E-state index contributed by atoms with van der Waals surface area (Å²) in [5, 5.41) is 0. The first-order valence-electron chi connectivity index (χ1n) is 14.0. The van der Waals surface area contributed by atoms with Crippen molar-refractivity contribution >= 4 is 0 Å². The molecule has 30 heavy (non-hydrogen) atoms. The lowest BCUT2D eigenvalue weighted by Gasteiger charge is -2.30. The van der Waals surface area contributed by atoms with Crippen molar-refractivity contribution in [2.45, 2.75) is 155 Å². The van der Waals surface area contributed by atoms with Crippen molar-refractivity contribution in [3.05, 3.63) is 12.4 Å². The van der Waals surface area contributed by atoms with E-state index in [0.29, 0.717) is 6.17 Å². The van der Waals surface area contributed by atoms with Crippen molar-refractivity contribution in [2.24, 2.45) is 0 Å². The third kappa shape index (κ3) is 14.4. The van der Waals surface area contributed by atoms with E-state index in [1.54, 1.807) is 0 Å². The lowest BCUT2D eigenvalue weighted by atomic mass is 10.0. The fourth-order valence-electron chi connectivity index (χ4n) is 4.81. The Hall–Kier alpha value is -0.660. The maximum absolute atomic E-state index is 2.59. The molecule has 1 rings (SSSR count). The Morgan fingerprint density at radius 2 is 0.900 bits per heavy atom. The van der Waals surface area contributed by atoms with Crippen LogP contribution in [0, 0.1) is 0 Å². The number of hydrogen-bond donors (Lipinski definition) is 0. The molecule has 0 radical (unpaired) electrons. The summed E-state index contributed by atoms with van der Waals surface area (Å²) in [6, 6.07) is 0. The minimum atomic E-state index is 0.623. The fourth-order valence-corrected chi connectivity index (χ4v) is 4.81. The second-order valence-corrected chi connectivity index (χ2v) is 9.83. The smallest absolute Gasteiger partial charge is 0.100 e. The number of rotatable bonds is 22. The van der Waals surface area contributed by atoms with E-state index < -0.39 is 0 Å². The normalized spacial score (nSPS) is 16.2. The Balaban J connectivity index is 1.85. The van der Waals surface area contributed by atoms with Gasteiger partial charge in [0.25, 0.3) is 0 Å². The molecule has 0 amide bonds. The van der Waals surface area contributed by atoms with E-state index in [0.717, 1.165) is 0 Å². The van der Waals surface area contributed by atoms with E-state index in [-0.39, 0.29) is 0 Å². The number of hydrogen-bond acceptors (Lipinski definition) is 2. The molecule has 0 fully saturated rings. The quantitative estimate of drug-likeness (QED) is 0.161. The second kappa shape index (κ2) is 20.3. The largest absolute Gasteiger partial charge is 0.359 e. The van der Waals surface area contributed by atoms with Gasteiger partial charge < -0.3 is 9.80 Å². The molecule has 178 valence electrons. The van der Waals surface area contributed by atoms with Crippen LogP contribution in [0.1, 0.15) is 149 Å². The van der Waals surface area contributed by atoms with Gasteiger partial charge in [-0.05, 0) is 19.3 Å². The minimum absolute atomic E-state index is 0.623. The maximum atomic E-state index is 2.59. The van der Waals surface area contributed by atoms with Crippen LogP contribution in [0.4, 0.5) is 0 Å². The summed E-state index contributed by atoms with van der Waals surface area (Å²) in [7, 11) is 2.24. The van der Waals surface area contributed by atoms with Gasteiger partial charge in [-0.25, -0.2) is 0 Å². The van der Waals surface area contributed by atoms with Crippen LogP contribution in [0.15, 0.2) is 12.4 Å². The highest BCUT2D eigenvalue weighted by atomic mass is 15.4. The molecule has 1 heterocycles. The van der Waals surface area contributed by atoms with Gasteiger partial charge in [-0.3, -0.25) is 0 Å². The predicted molar refractivity (Wildman–Crippen MR) is 136 cm³/mol. The van der Waals surface area contributed by atoms with Gasteiger partial charge in [0, 0.05) is 26.0 Å². The van der Waals surface area contributed by atoms with Crippen LogP contribution in [0.3, 0.4) is 0 Å². The first-order chi connectivity index (χ1) is 14.8. The van der Waals surface area contributed by atoms with Gasteiger partial charge in [0.1, 0.15) is 6.17 Å². The van der Waals surface area contributed by atoms with Crippen molar-refractivity contribution in [1.82, 2.24) is 9.80 Å². The Bertz CT molecular complexity index is 379. The lowest BCUT2D eigenvalue weighted by molar-refractivity contribution is 0.159. The molecule has 1 atom stereocenters. The molecule has 0 N–H and O–H groups in total. The Morgan fingerprint density at radius 3 is 1.37 bits per heavy atom. The SMILES string of the molecule is CCCCCCCCCCCCCCCCCCN1C=CN(C)C1CCCCCC. The third-order valence-corrected chi connectivity index (χ3v) is 6.93. The van der Waals surface area contributed by atoms with Gasteiger partial charge in [0.15, 0.2) is 0 Å². The van der Waals surface area contributed by atoms with Gasteiger partial charge in [-0.15, -0.1) is 0 Å². The minimum Gasteiger partial charge on any atom is -0.359 e. The Labute approximate surface area is 190 Å². The van der Waals surface area contributed by atoms with Crippen LogP contribution in [0.5, 0.6) is 0 Å². The van der Waals surface area contributed by atoms with Crippen LogP contribution in [0.25, 0.3) is 0 Å². The molecule has 2 heteroatoms. The summed E-state index contributed by atoms with van der Waals surface area (Å²) >= 11 is 0. The van der Waals surface area contributed by atoms with Gasteiger partial charge >= 0.3 is 0 Å². The van der Waals surface area contributed by atoms with E-state index in [9.17, 15) is 0 Å². The van der Waals surface area contributed by atoms with Crippen LogP contribution in [0.2, 0.25) is 0 Å².